The molecule has 0 radical (unpaired) electrons. The molecule has 2 heteroatoms. The van der Waals surface area contributed by atoms with E-state index in [2.05, 4.69) is 44.8 Å². The summed E-state index contributed by atoms with van der Waals surface area (Å²) in [4.78, 5) is 4.49. The van der Waals surface area contributed by atoms with Crippen LogP contribution in [0.4, 0.5) is 0 Å². The second kappa shape index (κ2) is 5.55. The Bertz CT molecular complexity index is 305. The van der Waals surface area contributed by atoms with Crippen LogP contribution in [0.25, 0.3) is 0 Å². The van der Waals surface area contributed by atoms with Crippen molar-refractivity contribution in [1.29, 1.82) is 0 Å². The predicted molar refractivity (Wildman–Crippen MR) is 68.6 cm³/mol. The Morgan fingerprint density at radius 2 is 1.93 bits per heavy atom. The summed E-state index contributed by atoms with van der Waals surface area (Å²) >= 11 is 1.85. The molecule has 0 aliphatic carbocycles. The van der Waals surface area contributed by atoms with Gasteiger partial charge >= 0.3 is 0 Å². The average molecular weight is 223 g/mol. The van der Waals surface area contributed by atoms with Gasteiger partial charge in [-0.15, -0.1) is 11.8 Å². The van der Waals surface area contributed by atoms with Crippen LogP contribution >= 0.6 is 11.8 Å². The molecule has 0 bridgehead atoms. The Balaban J connectivity index is 3.10. The third kappa shape index (κ3) is 2.75. The quantitative estimate of drug-likeness (QED) is 0.691. The molecule has 0 aliphatic heterocycles. The number of hydrogen-bond donors (Lipinski definition) is 0. The minimum absolute atomic E-state index is 0.283. The molecule has 1 nitrogen and oxygen atoms in total. The van der Waals surface area contributed by atoms with Crippen molar-refractivity contribution in [2.24, 2.45) is 0 Å². The first-order valence-electron chi connectivity index (χ1n) is 5.76. The fourth-order valence-electron chi connectivity index (χ4n) is 1.73. The lowest BCUT2D eigenvalue weighted by atomic mass is 9.79. The van der Waals surface area contributed by atoms with Crippen molar-refractivity contribution in [3.63, 3.8) is 0 Å². The van der Waals surface area contributed by atoms with Crippen LogP contribution in [0, 0.1) is 0 Å². The number of pyridine rings is 1. The van der Waals surface area contributed by atoms with E-state index in [1.54, 1.807) is 0 Å². The van der Waals surface area contributed by atoms with Crippen LogP contribution in [0.15, 0.2) is 23.4 Å². The van der Waals surface area contributed by atoms with Gasteiger partial charge in [0.2, 0.25) is 0 Å². The van der Waals surface area contributed by atoms with Gasteiger partial charge in [-0.1, -0.05) is 33.8 Å². The van der Waals surface area contributed by atoms with Crippen LogP contribution in [-0.2, 0) is 5.41 Å². The minimum Gasteiger partial charge on any atom is -0.250 e. The summed E-state index contributed by atoms with van der Waals surface area (Å²) < 4.78 is 0. The van der Waals surface area contributed by atoms with Crippen molar-refractivity contribution < 1.29 is 0 Å². The molecule has 0 saturated heterocycles. The van der Waals surface area contributed by atoms with Crippen LogP contribution in [0.5, 0.6) is 0 Å². The molecule has 15 heavy (non-hydrogen) atoms. The topological polar surface area (TPSA) is 12.9 Å². The van der Waals surface area contributed by atoms with E-state index in [9.17, 15) is 0 Å². The van der Waals surface area contributed by atoms with E-state index >= 15 is 0 Å². The normalized spacial score (nSPS) is 11.7. The highest BCUT2D eigenvalue weighted by atomic mass is 32.2. The van der Waals surface area contributed by atoms with E-state index in [1.165, 1.54) is 23.4 Å². The Hall–Kier alpha value is -0.500. The summed E-state index contributed by atoms with van der Waals surface area (Å²) in [6, 6.07) is 4.29. The van der Waals surface area contributed by atoms with E-state index in [1.807, 2.05) is 18.0 Å². The van der Waals surface area contributed by atoms with Crippen LogP contribution < -0.4 is 0 Å². The van der Waals surface area contributed by atoms with E-state index in [0.717, 1.165) is 5.75 Å². The number of thioether (sulfide) groups is 1. The average Bonchev–Trinajstić information content (AvgIpc) is 2.29. The van der Waals surface area contributed by atoms with Crippen molar-refractivity contribution in [2.75, 3.05) is 5.75 Å². The number of nitrogens with zero attached hydrogens (tertiary/aromatic N) is 1. The SMILES string of the molecule is CCSc1ncccc1C(C)(CC)CC. The molecular formula is C13H21NS. The molecule has 0 saturated carbocycles. The lowest BCUT2D eigenvalue weighted by molar-refractivity contribution is 0.428. The zero-order valence-corrected chi connectivity index (χ0v) is 11.0. The zero-order chi connectivity index (χ0) is 11.3. The van der Waals surface area contributed by atoms with Gasteiger partial charge in [0.1, 0.15) is 0 Å². The molecule has 1 aromatic rings. The van der Waals surface area contributed by atoms with Crippen molar-refractivity contribution >= 4 is 11.8 Å². The monoisotopic (exact) mass is 223 g/mol. The van der Waals surface area contributed by atoms with Gasteiger partial charge in [-0.2, -0.15) is 0 Å². The molecule has 1 aromatic heterocycles. The van der Waals surface area contributed by atoms with Crippen molar-refractivity contribution in [3.05, 3.63) is 23.9 Å². The van der Waals surface area contributed by atoms with E-state index in [4.69, 9.17) is 0 Å². The summed E-state index contributed by atoms with van der Waals surface area (Å²) in [6.07, 6.45) is 4.24. The first-order chi connectivity index (χ1) is 7.18. The summed E-state index contributed by atoms with van der Waals surface area (Å²) in [6.45, 7) is 9.04. The molecular weight excluding hydrogens is 202 g/mol. The highest BCUT2D eigenvalue weighted by molar-refractivity contribution is 7.99. The van der Waals surface area contributed by atoms with Gasteiger partial charge in [-0.25, -0.2) is 4.98 Å². The molecule has 0 fully saturated rings. The van der Waals surface area contributed by atoms with Crippen molar-refractivity contribution in [2.45, 2.75) is 51.0 Å². The Morgan fingerprint density at radius 3 is 2.47 bits per heavy atom. The van der Waals surface area contributed by atoms with Gasteiger partial charge < -0.3 is 0 Å². The molecule has 0 aliphatic rings. The maximum atomic E-state index is 4.49. The Morgan fingerprint density at radius 1 is 1.27 bits per heavy atom. The van der Waals surface area contributed by atoms with Gasteiger partial charge in [-0.05, 0) is 35.6 Å². The molecule has 0 spiro atoms. The lowest BCUT2D eigenvalue weighted by Gasteiger charge is -2.28. The van der Waals surface area contributed by atoms with Crippen LogP contribution in [0.2, 0.25) is 0 Å². The highest BCUT2D eigenvalue weighted by Gasteiger charge is 2.25. The zero-order valence-electron chi connectivity index (χ0n) is 10.2. The van der Waals surface area contributed by atoms with Gasteiger partial charge in [0.05, 0.1) is 5.03 Å². The molecule has 0 N–H and O–H groups in total. The smallest absolute Gasteiger partial charge is 0.0997 e. The minimum atomic E-state index is 0.283. The predicted octanol–water partition coefficient (Wildman–Crippen LogP) is 4.27. The number of aromatic nitrogens is 1. The lowest BCUT2D eigenvalue weighted by Crippen LogP contribution is -2.20. The number of rotatable bonds is 5. The fraction of sp³-hybridized carbons (Fsp3) is 0.615. The van der Waals surface area contributed by atoms with Gasteiger partial charge in [0, 0.05) is 6.20 Å². The molecule has 84 valence electrons. The standard InChI is InChI=1S/C13H21NS/c1-5-13(4,6-2)11-9-8-10-14-12(11)15-7-3/h8-10H,5-7H2,1-4H3. The Kier molecular flexibility index (Phi) is 4.65. The molecule has 0 atom stereocenters. The number of hydrogen-bond acceptors (Lipinski definition) is 2. The largest absolute Gasteiger partial charge is 0.250 e. The van der Waals surface area contributed by atoms with Crippen LogP contribution in [0.3, 0.4) is 0 Å². The van der Waals surface area contributed by atoms with Crippen molar-refractivity contribution in [1.82, 2.24) is 4.98 Å². The maximum absolute atomic E-state index is 4.49. The summed E-state index contributed by atoms with van der Waals surface area (Å²) in [7, 11) is 0. The maximum Gasteiger partial charge on any atom is 0.0997 e. The van der Waals surface area contributed by atoms with E-state index in [-0.39, 0.29) is 5.41 Å². The van der Waals surface area contributed by atoms with E-state index < -0.39 is 0 Å². The third-order valence-corrected chi connectivity index (χ3v) is 4.15. The van der Waals surface area contributed by atoms with Crippen LogP contribution in [-0.4, -0.2) is 10.7 Å². The summed E-state index contributed by atoms with van der Waals surface area (Å²) in [5.74, 6) is 1.09. The van der Waals surface area contributed by atoms with Gasteiger partial charge in [0.25, 0.3) is 0 Å². The first kappa shape index (κ1) is 12.6. The highest BCUT2D eigenvalue weighted by Crippen LogP contribution is 2.36. The second-order valence-corrected chi connectivity index (χ2v) is 5.31. The molecule has 0 aromatic carbocycles. The third-order valence-electron chi connectivity index (χ3n) is 3.26. The second-order valence-electron chi connectivity index (χ2n) is 4.06. The molecule has 0 unspecified atom stereocenters. The van der Waals surface area contributed by atoms with Crippen molar-refractivity contribution in [3.8, 4) is 0 Å². The molecule has 1 rings (SSSR count). The Labute approximate surface area is 97.7 Å². The van der Waals surface area contributed by atoms with Crippen LogP contribution in [0.1, 0.15) is 46.1 Å². The summed E-state index contributed by atoms with van der Waals surface area (Å²) in [5.41, 5.74) is 1.70. The fourth-order valence-corrected chi connectivity index (χ4v) is 2.61. The van der Waals surface area contributed by atoms with Gasteiger partial charge in [-0.3, -0.25) is 0 Å². The molecule has 1 heterocycles. The first-order valence-corrected chi connectivity index (χ1v) is 6.74. The molecule has 0 amide bonds. The van der Waals surface area contributed by atoms with E-state index in [0.29, 0.717) is 0 Å². The van der Waals surface area contributed by atoms with Gasteiger partial charge in [0.15, 0.2) is 0 Å². The summed E-state index contributed by atoms with van der Waals surface area (Å²) in [5, 5.41) is 1.21.